The monoisotopic (exact) mass is 250 g/mol. The molecule has 0 bridgehead atoms. The number of anilines is 1. The van der Waals surface area contributed by atoms with Gasteiger partial charge in [-0.05, 0) is 25.1 Å². The van der Waals surface area contributed by atoms with E-state index in [2.05, 4.69) is 15.0 Å². The van der Waals surface area contributed by atoms with Crippen molar-refractivity contribution in [1.29, 1.82) is 0 Å². The number of amides is 1. The maximum Gasteiger partial charge on any atom is 0.412 e. The van der Waals surface area contributed by atoms with Gasteiger partial charge in [-0.1, -0.05) is 0 Å². The Kier molecular flexibility index (Phi) is 3.27. The van der Waals surface area contributed by atoms with Crippen LogP contribution in [0.1, 0.15) is 6.92 Å². The van der Waals surface area contributed by atoms with Crippen LogP contribution in [0.4, 0.5) is 15.0 Å². The van der Waals surface area contributed by atoms with Gasteiger partial charge in [0.05, 0.1) is 12.1 Å². The number of nitrogens with one attached hydrogen (secondary N) is 2. The fraction of sp³-hybridized carbons (Fsp3) is 0.167. The van der Waals surface area contributed by atoms with E-state index < -0.39 is 11.9 Å². The van der Waals surface area contributed by atoms with Gasteiger partial charge in [0.25, 0.3) is 0 Å². The third kappa shape index (κ3) is 2.48. The summed E-state index contributed by atoms with van der Waals surface area (Å²) in [4.78, 5) is 25.7. The molecule has 2 rings (SSSR count). The lowest BCUT2D eigenvalue weighted by Gasteiger charge is -2.06. The van der Waals surface area contributed by atoms with Crippen LogP contribution in [0, 0.1) is 5.82 Å². The highest BCUT2D eigenvalue weighted by molar-refractivity contribution is 5.86. The summed E-state index contributed by atoms with van der Waals surface area (Å²) in [5.41, 5.74) is 0.0609. The number of hydrogen-bond donors (Lipinski definition) is 2. The van der Waals surface area contributed by atoms with Gasteiger partial charge in [0, 0.05) is 11.5 Å². The molecule has 1 aromatic carbocycles. The number of pyridine rings is 1. The van der Waals surface area contributed by atoms with Crippen molar-refractivity contribution in [2.24, 2.45) is 0 Å². The quantitative estimate of drug-likeness (QED) is 0.858. The zero-order valence-corrected chi connectivity index (χ0v) is 9.62. The van der Waals surface area contributed by atoms with Crippen LogP contribution in [0.2, 0.25) is 0 Å². The molecule has 0 aliphatic carbocycles. The molecule has 0 saturated carbocycles. The van der Waals surface area contributed by atoms with Crippen molar-refractivity contribution in [3.05, 3.63) is 40.3 Å². The van der Waals surface area contributed by atoms with Crippen molar-refractivity contribution in [1.82, 2.24) is 4.98 Å². The van der Waals surface area contributed by atoms with Gasteiger partial charge >= 0.3 is 6.09 Å². The van der Waals surface area contributed by atoms with E-state index in [0.717, 1.165) is 6.07 Å². The van der Waals surface area contributed by atoms with E-state index in [1.165, 1.54) is 18.2 Å². The molecular formula is C12H11FN2O3. The van der Waals surface area contributed by atoms with Gasteiger partial charge in [0.1, 0.15) is 11.6 Å². The van der Waals surface area contributed by atoms with Crippen LogP contribution in [0.25, 0.3) is 10.9 Å². The number of carbonyl (C=O) groups is 1. The fourth-order valence-corrected chi connectivity index (χ4v) is 1.56. The second kappa shape index (κ2) is 4.87. The molecule has 18 heavy (non-hydrogen) atoms. The van der Waals surface area contributed by atoms with E-state index in [-0.39, 0.29) is 23.2 Å². The zero-order valence-electron chi connectivity index (χ0n) is 9.62. The first-order valence-corrected chi connectivity index (χ1v) is 5.36. The standard InChI is InChI=1S/C12H11FN2O3/c1-2-18-12(17)15-11-6-10(16)8-5-7(13)3-4-9(8)14-11/h3-6H,2H2,1H3,(H2,14,15,16,17). The number of hydrogen-bond acceptors (Lipinski definition) is 3. The lowest BCUT2D eigenvalue weighted by Crippen LogP contribution is -2.16. The molecule has 0 atom stereocenters. The summed E-state index contributed by atoms with van der Waals surface area (Å²) in [6.45, 7) is 1.90. The molecule has 0 aliphatic heterocycles. The summed E-state index contributed by atoms with van der Waals surface area (Å²) in [5.74, 6) is -0.281. The molecule has 2 N–H and O–H groups in total. The van der Waals surface area contributed by atoms with Gasteiger partial charge in [0.15, 0.2) is 5.43 Å². The summed E-state index contributed by atoms with van der Waals surface area (Å²) < 4.78 is 17.7. The Hall–Kier alpha value is -2.37. The third-order valence-corrected chi connectivity index (χ3v) is 2.30. The summed E-state index contributed by atoms with van der Waals surface area (Å²) in [7, 11) is 0. The number of fused-ring (bicyclic) bond motifs is 1. The normalized spacial score (nSPS) is 10.3. The zero-order chi connectivity index (χ0) is 13.1. The topological polar surface area (TPSA) is 71.2 Å². The molecule has 0 saturated heterocycles. The average Bonchev–Trinajstić information content (AvgIpc) is 2.30. The molecule has 0 aliphatic rings. The predicted molar refractivity (Wildman–Crippen MR) is 65.2 cm³/mol. The highest BCUT2D eigenvalue weighted by Crippen LogP contribution is 2.12. The molecule has 1 amide bonds. The van der Waals surface area contributed by atoms with Gasteiger partial charge < -0.3 is 9.72 Å². The third-order valence-electron chi connectivity index (χ3n) is 2.30. The first kappa shape index (κ1) is 12.1. The van der Waals surface area contributed by atoms with Crippen molar-refractivity contribution in [3.63, 3.8) is 0 Å². The number of carbonyl (C=O) groups excluding carboxylic acids is 1. The van der Waals surface area contributed by atoms with Crippen LogP contribution in [0.5, 0.6) is 0 Å². The van der Waals surface area contributed by atoms with Crippen molar-refractivity contribution >= 4 is 22.8 Å². The Morgan fingerprint density at radius 3 is 2.94 bits per heavy atom. The largest absolute Gasteiger partial charge is 0.450 e. The molecule has 0 radical (unpaired) electrons. The molecular weight excluding hydrogens is 239 g/mol. The van der Waals surface area contributed by atoms with E-state index in [4.69, 9.17) is 0 Å². The first-order chi connectivity index (χ1) is 8.60. The maximum atomic E-state index is 13.0. The molecule has 0 unspecified atom stereocenters. The van der Waals surface area contributed by atoms with Crippen molar-refractivity contribution in [3.8, 4) is 0 Å². The maximum absolute atomic E-state index is 13.0. The Bertz CT molecular complexity index is 651. The van der Waals surface area contributed by atoms with Gasteiger partial charge in [-0.15, -0.1) is 0 Å². The number of benzene rings is 1. The van der Waals surface area contributed by atoms with Crippen LogP contribution in [-0.4, -0.2) is 17.7 Å². The SMILES string of the molecule is CCOC(=O)Nc1cc(=O)c2cc(F)ccc2[nH]1. The highest BCUT2D eigenvalue weighted by atomic mass is 19.1. The number of aromatic amines is 1. The number of H-pyrrole nitrogens is 1. The lowest BCUT2D eigenvalue weighted by atomic mass is 10.2. The molecule has 0 spiro atoms. The molecule has 2 aromatic rings. The smallest absolute Gasteiger partial charge is 0.412 e. The Labute approximate surface area is 102 Å². The number of ether oxygens (including phenoxy) is 1. The van der Waals surface area contributed by atoms with Crippen LogP contribution in [0.15, 0.2) is 29.1 Å². The van der Waals surface area contributed by atoms with Crippen LogP contribution < -0.4 is 10.7 Å². The summed E-state index contributed by atoms with van der Waals surface area (Å²) in [6.07, 6.45) is -0.658. The minimum atomic E-state index is -0.658. The first-order valence-electron chi connectivity index (χ1n) is 5.36. The Morgan fingerprint density at radius 1 is 1.44 bits per heavy atom. The lowest BCUT2D eigenvalue weighted by molar-refractivity contribution is 0.168. The van der Waals surface area contributed by atoms with E-state index in [1.807, 2.05) is 0 Å². The number of aromatic nitrogens is 1. The second-order valence-electron chi connectivity index (χ2n) is 3.58. The van der Waals surface area contributed by atoms with Gasteiger partial charge in [-0.2, -0.15) is 0 Å². The minimum Gasteiger partial charge on any atom is -0.450 e. The minimum absolute atomic E-state index is 0.206. The predicted octanol–water partition coefficient (Wildman–Crippen LogP) is 2.24. The molecule has 1 aromatic heterocycles. The van der Waals surface area contributed by atoms with Crippen molar-refractivity contribution in [2.45, 2.75) is 6.92 Å². The van der Waals surface area contributed by atoms with E-state index in [1.54, 1.807) is 6.92 Å². The van der Waals surface area contributed by atoms with Crippen molar-refractivity contribution in [2.75, 3.05) is 11.9 Å². The fourth-order valence-electron chi connectivity index (χ4n) is 1.56. The van der Waals surface area contributed by atoms with E-state index >= 15 is 0 Å². The molecule has 94 valence electrons. The molecule has 1 heterocycles. The molecule has 5 nitrogen and oxygen atoms in total. The molecule has 6 heteroatoms. The number of rotatable bonds is 2. The van der Waals surface area contributed by atoms with Gasteiger partial charge in [0.2, 0.25) is 0 Å². The molecule has 0 fully saturated rings. The Morgan fingerprint density at radius 2 is 2.22 bits per heavy atom. The average molecular weight is 250 g/mol. The summed E-state index contributed by atoms with van der Waals surface area (Å²) in [5, 5.41) is 2.61. The highest BCUT2D eigenvalue weighted by Gasteiger charge is 2.06. The van der Waals surface area contributed by atoms with Crippen LogP contribution in [-0.2, 0) is 4.74 Å². The van der Waals surface area contributed by atoms with E-state index in [9.17, 15) is 14.0 Å². The second-order valence-corrected chi connectivity index (χ2v) is 3.58. The Balaban J connectivity index is 2.40. The number of halogens is 1. The van der Waals surface area contributed by atoms with Crippen LogP contribution >= 0.6 is 0 Å². The van der Waals surface area contributed by atoms with Gasteiger partial charge in [-0.25, -0.2) is 9.18 Å². The van der Waals surface area contributed by atoms with Crippen LogP contribution in [0.3, 0.4) is 0 Å². The summed E-state index contributed by atoms with van der Waals surface area (Å²) in [6, 6.07) is 4.98. The van der Waals surface area contributed by atoms with Gasteiger partial charge in [-0.3, -0.25) is 10.1 Å². The van der Waals surface area contributed by atoms with E-state index in [0.29, 0.717) is 5.52 Å². The summed E-state index contributed by atoms with van der Waals surface area (Å²) >= 11 is 0. The van der Waals surface area contributed by atoms with Crippen molar-refractivity contribution < 1.29 is 13.9 Å².